The van der Waals surface area contributed by atoms with Crippen LogP contribution in [-0.2, 0) is 107 Å². The van der Waals surface area contributed by atoms with Crippen molar-refractivity contribution >= 4 is 27.0 Å². The van der Waals surface area contributed by atoms with Gasteiger partial charge < -0.3 is 0 Å². The SMILES string of the molecule is O=C(OS(=O)(=O)O)OS(=O)(=O)O.[Zn].[Zn].[Zn].[Zn]. The maximum Gasteiger partial charge on any atom is 0.543 e. The van der Waals surface area contributed by atoms with Crippen molar-refractivity contribution < 1.29 is 117 Å². The van der Waals surface area contributed by atoms with Gasteiger partial charge in [-0.3, -0.25) is 17.5 Å². The summed E-state index contributed by atoms with van der Waals surface area (Å²) in [5.74, 6) is 0. The summed E-state index contributed by atoms with van der Waals surface area (Å²) >= 11 is 0. The normalized spacial score (nSPS) is 9.12. The Kier molecular flexibility index (Phi) is 22.3. The summed E-state index contributed by atoms with van der Waals surface area (Å²) in [5, 5.41) is 0. The van der Waals surface area contributed by atoms with Gasteiger partial charge in [-0.05, 0) is 0 Å². The second-order valence-corrected chi connectivity index (χ2v) is 3.32. The molecule has 0 aromatic carbocycles. The molecule has 0 rings (SSSR count). The first-order valence-corrected chi connectivity index (χ1v) is 4.71. The first kappa shape index (κ1) is 30.5. The predicted molar refractivity (Wildman–Crippen MR) is 30.7 cm³/mol. The van der Waals surface area contributed by atoms with Gasteiger partial charge in [-0.25, -0.2) is 4.79 Å². The van der Waals surface area contributed by atoms with E-state index in [1.54, 1.807) is 0 Å². The van der Waals surface area contributed by atoms with Crippen LogP contribution in [0.1, 0.15) is 0 Å². The van der Waals surface area contributed by atoms with Crippen LogP contribution in [0.3, 0.4) is 0 Å². The molecule has 0 aliphatic rings. The minimum atomic E-state index is -5.15. The molecule has 0 unspecified atom stereocenters. The van der Waals surface area contributed by atoms with E-state index in [4.69, 9.17) is 9.11 Å². The van der Waals surface area contributed by atoms with Gasteiger partial charge in [0.05, 0.1) is 0 Å². The van der Waals surface area contributed by atoms with Gasteiger partial charge in [0.2, 0.25) is 0 Å². The first-order chi connectivity index (χ1) is 5.10. The summed E-state index contributed by atoms with van der Waals surface area (Å²) in [6, 6.07) is 0. The molecular weight excluding hydrogens is 482 g/mol. The largest absolute Gasteiger partial charge is 0.543 e. The van der Waals surface area contributed by atoms with E-state index in [2.05, 4.69) is 8.37 Å². The fourth-order valence-electron chi connectivity index (χ4n) is 0.186. The number of rotatable bonds is 2. The summed E-state index contributed by atoms with van der Waals surface area (Å²) in [4.78, 5) is 9.95. The molecule has 16 heavy (non-hydrogen) atoms. The van der Waals surface area contributed by atoms with E-state index >= 15 is 0 Å². The van der Waals surface area contributed by atoms with Gasteiger partial charge in [0.1, 0.15) is 0 Å². The average Bonchev–Trinajstić information content (AvgIpc) is 1.49. The molecule has 0 saturated carbocycles. The van der Waals surface area contributed by atoms with Crippen molar-refractivity contribution in [2.75, 3.05) is 0 Å². The van der Waals surface area contributed by atoms with E-state index in [1.807, 2.05) is 0 Å². The Morgan fingerprint density at radius 2 is 0.938 bits per heavy atom. The summed E-state index contributed by atoms with van der Waals surface area (Å²) in [7, 11) is -10.3. The molecule has 80 valence electrons. The summed E-state index contributed by atoms with van der Waals surface area (Å²) < 4.78 is 60.1. The molecule has 0 aromatic rings. The summed E-state index contributed by atoms with van der Waals surface area (Å²) in [6.07, 6.45) is -2.29. The van der Waals surface area contributed by atoms with Crippen LogP contribution in [0.25, 0.3) is 0 Å². The van der Waals surface area contributed by atoms with E-state index in [0.29, 0.717) is 0 Å². The van der Waals surface area contributed by atoms with Gasteiger partial charge in [0, 0.05) is 77.9 Å². The fourth-order valence-corrected chi connectivity index (χ4v) is 0.641. The Bertz CT molecular complexity index is 332. The van der Waals surface area contributed by atoms with Gasteiger partial charge in [-0.1, -0.05) is 0 Å². The Morgan fingerprint density at radius 1 is 0.750 bits per heavy atom. The molecule has 2 N–H and O–H groups in total. The molecular formula is CH2O9S2Zn4. The van der Waals surface area contributed by atoms with E-state index < -0.39 is 27.0 Å². The van der Waals surface area contributed by atoms with Crippen LogP contribution >= 0.6 is 0 Å². The maximum atomic E-state index is 9.95. The number of hydrogen-bond acceptors (Lipinski definition) is 7. The maximum absolute atomic E-state index is 9.95. The molecule has 0 heterocycles. The van der Waals surface area contributed by atoms with Crippen molar-refractivity contribution in [3.8, 4) is 0 Å². The molecule has 9 nitrogen and oxygen atoms in total. The van der Waals surface area contributed by atoms with Crippen molar-refractivity contribution in [3.63, 3.8) is 0 Å². The minimum absolute atomic E-state index is 0. The smallest absolute Gasteiger partial charge is 0.290 e. The van der Waals surface area contributed by atoms with E-state index in [0.717, 1.165) is 0 Å². The fraction of sp³-hybridized carbons (Fsp3) is 0. The molecule has 0 aromatic heterocycles. The standard InChI is InChI=1S/CH2O9S2.4Zn/c2-1(9-11(3,4)5)10-12(6,7)8;;;;/h(H,3,4,5)(H,6,7,8);;;;. The zero-order valence-electron chi connectivity index (χ0n) is 7.90. The van der Waals surface area contributed by atoms with Crippen molar-refractivity contribution in [1.82, 2.24) is 0 Å². The first-order valence-electron chi connectivity index (χ1n) is 1.98. The van der Waals surface area contributed by atoms with Crippen LogP contribution in [0.4, 0.5) is 4.79 Å². The topological polar surface area (TPSA) is 144 Å². The van der Waals surface area contributed by atoms with E-state index in [1.165, 1.54) is 0 Å². The van der Waals surface area contributed by atoms with E-state index in [-0.39, 0.29) is 77.9 Å². The quantitative estimate of drug-likeness (QED) is 0.363. The molecule has 0 atom stereocenters. The monoisotopic (exact) mass is 478 g/mol. The molecule has 0 spiro atoms. The van der Waals surface area contributed by atoms with Crippen molar-refractivity contribution in [2.24, 2.45) is 0 Å². The molecule has 0 bridgehead atoms. The molecule has 0 fully saturated rings. The Morgan fingerprint density at radius 3 is 1.06 bits per heavy atom. The number of carbonyl (C=O) groups excluding carboxylic acids is 1. The van der Waals surface area contributed by atoms with Crippen LogP contribution in [-0.4, -0.2) is 32.1 Å². The Hall–Kier alpha value is 1.58. The second-order valence-electron chi connectivity index (χ2n) is 1.27. The van der Waals surface area contributed by atoms with Gasteiger partial charge in [0.25, 0.3) is 0 Å². The van der Waals surface area contributed by atoms with Crippen LogP contribution in [0.5, 0.6) is 0 Å². The van der Waals surface area contributed by atoms with Crippen LogP contribution in [0.15, 0.2) is 0 Å². The van der Waals surface area contributed by atoms with Crippen molar-refractivity contribution in [2.45, 2.75) is 0 Å². The number of hydrogen-bond donors (Lipinski definition) is 2. The summed E-state index contributed by atoms with van der Waals surface area (Å²) in [6.45, 7) is 0. The second kappa shape index (κ2) is 11.7. The predicted octanol–water partition coefficient (Wildman–Crippen LogP) is -1.26. The van der Waals surface area contributed by atoms with Gasteiger partial charge in [0.15, 0.2) is 0 Å². The molecule has 0 amide bonds. The third-order valence-corrected chi connectivity index (χ3v) is 1.04. The van der Waals surface area contributed by atoms with E-state index in [9.17, 15) is 21.6 Å². The van der Waals surface area contributed by atoms with Crippen molar-refractivity contribution in [1.29, 1.82) is 0 Å². The van der Waals surface area contributed by atoms with Gasteiger partial charge in [-0.15, -0.1) is 0 Å². The van der Waals surface area contributed by atoms with Crippen molar-refractivity contribution in [3.05, 3.63) is 0 Å². The van der Waals surface area contributed by atoms with Gasteiger partial charge in [-0.2, -0.15) is 16.8 Å². The Labute approximate surface area is 142 Å². The zero-order chi connectivity index (χ0) is 9.99. The molecule has 0 aliphatic heterocycles. The van der Waals surface area contributed by atoms with Crippen LogP contribution in [0, 0.1) is 0 Å². The third kappa shape index (κ3) is 24.7. The van der Waals surface area contributed by atoms with Gasteiger partial charge >= 0.3 is 27.0 Å². The molecule has 0 saturated heterocycles. The summed E-state index contributed by atoms with van der Waals surface area (Å²) in [5.41, 5.74) is 0. The number of carbonyl (C=O) groups is 1. The zero-order valence-corrected chi connectivity index (χ0v) is 21.4. The molecule has 0 aliphatic carbocycles. The molecule has 0 radical (unpaired) electrons. The third-order valence-electron chi connectivity index (χ3n) is 0.347. The van der Waals surface area contributed by atoms with Crippen LogP contribution in [0.2, 0.25) is 0 Å². The minimum Gasteiger partial charge on any atom is -0.290 e. The average molecular weight is 484 g/mol. The Balaban J connectivity index is -0.000000101. The van der Waals surface area contributed by atoms with Crippen LogP contribution < -0.4 is 0 Å². The molecule has 15 heteroatoms.